The van der Waals surface area contributed by atoms with E-state index in [2.05, 4.69) is 247 Å². The quantitative estimate of drug-likeness (QED) is 0.145. The zero-order valence-electron chi connectivity index (χ0n) is 33.1. The molecule has 10 rings (SSSR count). The molecule has 0 fully saturated rings. The summed E-state index contributed by atoms with van der Waals surface area (Å²) in [5, 5.41) is 4.91. The topological polar surface area (TPSA) is 6.48 Å². The Labute approximate surface area is 347 Å². The van der Waals surface area contributed by atoms with E-state index in [1.54, 1.807) is 0 Å². The van der Waals surface area contributed by atoms with Crippen LogP contribution in [0.3, 0.4) is 0 Å². The van der Waals surface area contributed by atoms with Crippen molar-refractivity contribution in [2.45, 2.75) is 13.3 Å². The lowest BCUT2D eigenvalue weighted by molar-refractivity contribution is 0.715. The maximum absolute atomic E-state index is 2.43. The van der Waals surface area contributed by atoms with E-state index >= 15 is 0 Å². The first-order valence-electron chi connectivity index (χ1n) is 20.5. The Morgan fingerprint density at radius 1 is 0.322 bits per heavy atom. The molecule has 0 N–H and O–H groups in total. The summed E-state index contributed by atoms with van der Waals surface area (Å²) in [6.07, 6.45) is 5.57. The first kappa shape index (κ1) is 36.0. The molecule has 59 heavy (non-hydrogen) atoms. The van der Waals surface area contributed by atoms with E-state index in [0.717, 1.165) is 34.9 Å². The molecule has 9 aromatic rings. The van der Waals surface area contributed by atoms with E-state index in [0.29, 0.717) is 5.92 Å². The fourth-order valence-corrected chi connectivity index (χ4v) is 8.62. The van der Waals surface area contributed by atoms with Gasteiger partial charge in [-0.15, -0.1) is 0 Å². The Balaban J connectivity index is 0.988. The Morgan fingerprint density at radius 2 is 0.695 bits per heavy atom. The normalized spacial score (nSPS) is 13.8. The maximum atomic E-state index is 2.43. The minimum Gasteiger partial charge on any atom is -0.314 e. The molecule has 2 heteroatoms. The maximum Gasteiger partial charge on any atom is 0.0468 e. The van der Waals surface area contributed by atoms with Crippen molar-refractivity contribution in [1.82, 2.24) is 0 Å². The first-order chi connectivity index (χ1) is 29.1. The van der Waals surface area contributed by atoms with Crippen molar-refractivity contribution in [2.75, 3.05) is 9.80 Å². The third-order valence-corrected chi connectivity index (χ3v) is 11.7. The average molecular weight is 757 g/mol. The van der Waals surface area contributed by atoms with Gasteiger partial charge >= 0.3 is 0 Å². The van der Waals surface area contributed by atoms with Gasteiger partial charge in [-0.2, -0.15) is 0 Å². The Kier molecular flexibility index (Phi) is 9.66. The molecule has 1 atom stereocenters. The van der Waals surface area contributed by atoms with E-state index in [1.807, 2.05) is 0 Å². The van der Waals surface area contributed by atoms with Crippen molar-refractivity contribution in [3.63, 3.8) is 0 Å². The van der Waals surface area contributed by atoms with E-state index < -0.39 is 0 Å². The van der Waals surface area contributed by atoms with E-state index in [-0.39, 0.29) is 0 Å². The van der Waals surface area contributed by atoms with Gasteiger partial charge < -0.3 is 9.80 Å². The van der Waals surface area contributed by atoms with Crippen LogP contribution in [0.25, 0.3) is 49.4 Å². The van der Waals surface area contributed by atoms with Gasteiger partial charge in [-0.3, -0.25) is 0 Å². The highest BCUT2D eigenvalue weighted by Gasteiger charge is 2.23. The van der Waals surface area contributed by atoms with Crippen LogP contribution in [-0.4, -0.2) is 0 Å². The number of hydrogen-bond donors (Lipinski definition) is 0. The van der Waals surface area contributed by atoms with Crippen molar-refractivity contribution in [2.24, 2.45) is 5.92 Å². The summed E-state index contributed by atoms with van der Waals surface area (Å²) in [5.41, 5.74) is 14.4. The van der Waals surface area contributed by atoms with Crippen molar-refractivity contribution in [3.8, 4) is 22.3 Å². The summed E-state index contributed by atoms with van der Waals surface area (Å²) in [7, 11) is 0. The zero-order chi connectivity index (χ0) is 39.5. The predicted molar refractivity (Wildman–Crippen MR) is 252 cm³/mol. The van der Waals surface area contributed by atoms with Crippen LogP contribution >= 0.6 is 0 Å². The predicted octanol–water partition coefficient (Wildman–Crippen LogP) is 15.9. The molecule has 0 radical (unpaired) electrons. The minimum absolute atomic E-state index is 0.380. The van der Waals surface area contributed by atoms with Gasteiger partial charge in [0.05, 0.1) is 0 Å². The molecule has 2 nitrogen and oxygen atoms in total. The van der Waals surface area contributed by atoms with E-state index in [4.69, 9.17) is 0 Å². The van der Waals surface area contributed by atoms with Crippen LogP contribution in [0.1, 0.15) is 18.9 Å². The highest BCUT2D eigenvalue weighted by atomic mass is 15.2. The lowest BCUT2D eigenvalue weighted by atomic mass is 9.86. The third kappa shape index (κ3) is 7.33. The second-order valence-electron chi connectivity index (χ2n) is 15.5. The molecule has 0 aliphatic heterocycles. The van der Waals surface area contributed by atoms with Crippen LogP contribution in [0, 0.1) is 5.92 Å². The number of anilines is 5. The fraction of sp³-hybridized carbons (Fsp3) is 0.0526. The SMILES string of the molecule is CC1CC(N(c2ccc(-c3ccccc3)cc2)c2ccc(-c3ccc(N(c4ccc5ccccc5c4)c4ccc5ccccc5c4)cc3)cc2)=CC=C1c1ccccc1. The van der Waals surface area contributed by atoms with Crippen molar-refractivity contribution in [3.05, 3.63) is 242 Å². The number of allylic oxidation sites excluding steroid dienone is 4. The Bertz CT molecular complexity index is 2870. The molecule has 9 aromatic carbocycles. The number of fused-ring (bicyclic) bond motifs is 2. The highest BCUT2D eigenvalue weighted by molar-refractivity contribution is 5.93. The van der Waals surface area contributed by atoms with Crippen LogP contribution in [0.5, 0.6) is 0 Å². The Morgan fingerprint density at radius 3 is 1.15 bits per heavy atom. The summed E-state index contributed by atoms with van der Waals surface area (Å²) in [5.74, 6) is 0.380. The largest absolute Gasteiger partial charge is 0.314 e. The minimum atomic E-state index is 0.380. The summed E-state index contributed by atoms with van der Waals surface area (Å²) in [6, 6.07) is 79.1. The molecule has 0 saturated carbocycles. The second kappa shape index (κ2) is 15.8. The monoisotopic (exact) mass is 756 g/mol. The van der Waals surface area contributed by atoms with Gasteiger partial charge in [0.25, 0.3) is 0 Å². The zero-order valence-corrected chi connectivity index (χ0v) is 33.1. The fourth-order valence-electron chi connectivity index (χ4n) is 8.62. The lowest BCUT2D eigenvalue weighted by Gasteiger charge is -2.32. The van der Waals surface area contributed by atoms with E-state index in [1.165, 1.54) is 60.6 Å². The number of hydrogen-bond acceptors (Lipinski definition) is 2. The molecule has 1 unspecified atom stereocenters. The first-order valence-corrected chi connectivity index (χ1v) is 20.5. The number of rotatable bonds is 9. The van der Waals surface area contributed by atoms with Gasteiger partial charge in [-0.25, -0.2) is 0 Å². The standard InChI is InChI=1S/C57H44N2/c1-41-38-54(36-37-57(41)48-16-6-3-7-17-48)58(51-28-20-45(21-29-51)42-12-4-2-5-13-42)52-30-22-46(23-31-52)47-24-32-53(33-25-47)59(55-34-26-43-14-8-10-18-49(43)39-55)56-35-27-44-15-9-11-19-50(44)40-56/h2-37,39-41H,38H2,1H3. The second-order valence-corrected chi connectivity index (χ2v) is 15.5. The highest BCUT2D eigenvalue weighted by Crippen LogP contribution is 2.41. The molecule has 282 valence electrons. The van der Waals surface area contributed by atoms with Crippen molar-refractivity contribution in [1.29, 1.82) is 0 Å². The number of nitrogens with zero attached hydrogens (tertiary/aromatic N) is 2. The van der Waals surface area contributed by atoms with Crippen LogP contribution in [0.2, 0.25) is 0 Å². The summed E-state index contributed by atoms with van der Waals surface area (Å²) >= 11 is 0. The molecule has 1 aliphatic rings. The molecule has 1 aliphatic carbocycles. The summed E-state index contributed by atoms with van der Waals surface area (Å²) in [4.78, 5) is 4.80. The summed E-state index contributed by atoms with van der Waals surface area (Å²) in [6.45, 7) is 2.34. The molecule has 0 aromatic heterocycles. The van der Waals surface area contributed by atoms with Crippen molar-refractivity contribution >= 4 is 55.6 Å². The molecule has 0 heterocycles. The van der Waals surface area contributed by atoms with E-state index in [9.17, 15) is 0 Å². The van der Waals surface area contributed by atoms with Crippen LogP contribution in [-0.2, 0) is 0 Å². The van der Waals surface area contributed by atoms with Gasteiger partial charge in [-0.05, 0) is 134 Å². The van der Waals surface area contributed by atoms with Gasteiger partial charge in [0.1, 0.15) is 0 Å². The number of benzene rings is 9. The van der Waals surface area contributed by atoms with Crippen LogP contribution < -0.4 is 9.80 Å². The Hall–Kier alpha value is -7.42. The lowest BCUT2D eigenvalue weighted by Crippen LogP contribution is -2.20. The average Bonchev–Trinajstić information content (AvgIpc) is 3.30. The summed E-state index contributed by atoms with van der Waals surface area (Å²) < 4.78 is 0. The molecular weight excluding hydrogens is 713 g/mol. The molecule has 0 bridgehead atoms. The molecule has 0 spiro atoms. The third-order valence-electron chi connectivity index (χ3n) is 11.7. The van der Waals surface area contributed by atoms with Crippen molar-refractivity contribution < 1.29 is 0 Å². The van der Waals surface area contributed by atoms with Gasteiger partial charge in [0.2, 0.25) is 0 Å². The molecule has 0 saturated heterocycles. The van der Waals surface area contributed by atoms with Gasteiger partial charge in [-0.1, -0.05) is 171 Å². The van der Waals surface area contributed by atoms with Gasteiger partial charge in [0, 0.05) is 34.1 Å². The van der Waals surface area contributed by atoms with Gasteiger partial charge in [0.15, 0.2) is 0 Å². The molecular formula is C57H44N2. The van der Waals surface area contributed by atoms with Crippen LogP contribution in [0.4, 0.5) is 28.4 Å². The molecule has 0 amide bonds. The van der Waals surface area contributed by atoms with Crippen LogP contribution in [0.15, 0.2) is 236 Å². The smallest absolute Gasteiger partial charge is 0.0468 e.